The van der Waals surface area contributed by atoms with Crippen LogP contribution in [0.5, 0.6) is 5.75 Å². The summed E-state index contributed by atoms with van der Waals surface area (Å²) in [6, 6.07) is 11.0. The van der Waals surface area contributed by atoms with E-state index in [4.69, 9.17) is 15.8 Å². The van der Waals surface area contributed by atoms with Gasteiger partial charge in [-0.25, -0.2) is 4.79 Å². The second-order valence-corrected chi connectivity index (χ2v) is 7.01. The summed E-state index contributed by atoms with van der Waals surface area (Å²) in [6.45, 7) is 0. The zero-order valence-corrected chi connectivity index (χ0v) is 14.1. The lowest BCUT2D eigenvalue weighted by atomic mass is 10.2. The fourth-order valence-corrected chi connectivity index (χ4v) is 3.10. The van der Waals surface area contributed by atoms with Crippen LogP contribution in [0.2, 0.25) is 5.02 Å². The zero-order chi connectivity index (χ0) is 18.0. The monoisotopic (exact) mass is 378 g/mol. The average molecular weight is 379 g/mol. The number of amides is 3. The maximum Gasteiger partial charge on any atom is 0.339 e. The summed E-state index contributed by atoms with van der Waals surface area (Å²) >= 11 is 5.73. The van der Waals surface area contributed by atoms with Crippen molar-refractivity contribution in [2.45, 2.75) is 4.90 Å². The minimum Gasteiger partial charge on any atom is -0.379 e. The van der Waals surface area contributed by atoms with E-state index in [1.54, 1.807) is 12.1 Å². The number of carbonyl (C=O) groups is 2. The van der Waals surface area contributed by atoms with Gasteiger partial charge in [0.05, 0.1) is 0 Å². The van der Waals surface area contributed by atoms with Gasteiger partial charge in [0.15, 0.2) is 0 Å². The molecule has 0 unspecified atom stereocenters. The molecule has 128 valence electrons. The molecule has 0 spiro atoms. The average Bonchev–Trinajstić information content (AvgIpc) is 2.87. The largest absolute Gasteiger partial charge is 0.379 e. The number of imide groups is 1. The van der Waals surface area contributed by atoms with Gasteiger partial charge >= 0.3 is 16.1 Å². The molecule has 1 heterocycles. The highest BCUT2D eigenvalue weighted by Gasteiger charge is 2.22. The summed E-state index contributed by atoms with van der Waals surface area (Å²) in [5, 5.41) is 4.85. The maximum absolute atomic E-state index is 12.2. The number of urea groups is 1. The summed E-state index contributed by atoms with van der Waals surface area (Å²) in [4.78, 5) is 22.5. The van der Waals surface area contributed by atoms with E-state index < -0.39 is 22.1 Å². The van der Waals surface area contributed by atoms with E-state index >= 15 is 0 Å². The first-order chi connectivity index (χ1) is 11.8. The summed E-state index contributed by atoms with van der Waals surface area (Å²) in [6.07, 6.45) is 1.46. The quantitative estimate of drug-likeness (QED) is 0.483. The van der Waals surface area contributed by atoms with Crippen LogP contribution in [-0.2, 0) is 14.9 Å². The van der Waals surface area contributed by atoms with Gasteiger partial charge in [-0.15, -0.1) is 0 Å². The topological polar surface area (TPSA) is 102 Å². The Labute approximate surface area is 148 Å². The predicted molar refractivity (Wildman–Crippen MR) is 90.4 cm³/mol. The van der Waals surface area contributed by atoms with Gasteiger partial charge in [0.1, 0.15) is 16.3 Å². The van der Waals surface area contributed by atoms with Gasteiger partial charge in [-0.05, 0) is 48.0 Å². The van der Waals surface area contributed by atoms with Crippen LogP contribution < -0.4 is 14.8 Å². The van der Waals surface area contributed by atoms with Crippen LogP contribution in [0.15, 0.2) is 59.1 Å². The van der Waals surface area contributed by atoms with Crippen molar-refractivity contribution in [1.29, 1.82) is 0 Å². The van der Waals surface area contributed by atoms with Gasteiger partial charge in [-0.1, -0.05) is 23.7 Å². The molecule has 25 heavy (non-hydrogen) atoms. The van der Waals surface area contributed by atoms with Gasteiger partial charge in [-0.2, -0.15) is 8.42 Å². The Morgan fingerprint density at radius 3 is 2.12 bits per heavy atom. The molecule has 3 rings (SSSR count). The van der Waals surface area contributed by atoms with Crippen molar-refractivity contribution in [3.05, 3.63) is 64.8 Å². The Kier molecular flexibility index (Phi) is 4.47. The summed E-state index contributed by atoms with van der Waals surface area (Å²) in [5.41, 5.74) is 0.691. The van der Waals surface area contributed by atoms with Gasteiger partial charge in [0, 0.05) is 5.02 Å². The highest BCUT2D eigenvalue weighted by atomic mass is 35.5. The molecule has 1 aliphatic rings. The van der Waals surface area contributed by atoms with Gasteiger partial charge in [0.25, 0.3) is 5.91 Å². The first-order valence-electron chi connectivity index (χ1n) is 6.98. The summed E-state index contributed by atoms with van der Waals surface area (Å²) in [5.74, 6) is -0.423. The molecule has 0 atom stereocenters. The SMILES string of the molecule is O=C1NC(=O)/C(=C/c2ccc(OS(=O)(=O)c3ccc(Cl)cc3)cc2)N1. The highest BCUT2D eigenvalue weighted by molar-refractivity contribution is 7.87. The second kappa shape index (κ2) is 6.58. The van der Waals surface area contributed by atoms with E-state index in [0.29, 0.717) is 10.6 Å². The molecule has 0 radical (unpaired) electrons. The lowest BCUT2D eigenvalue weighted by molar-refractivity contribution is -0.115. The van der Waals surface area contributed by atoms with E-state index in [1.807, 2.05) is 0 Å². The molecule has 2 N–H and O–H groups in total. The molecule has 1 saturated heterocycles. The summed E-state index contributed by atoms with van der Waals surface area (Å²) in [7, 11) is -3.98. The normalized spacial score (nSPS) is 15.8. The van der Waals surface area contributed by atoms with Crippen LogP contribution in [0, 0.1) is 0 Å². The first-order valence-corrected chi connectivity index (χ1v) is 8.76. The molecule has 0 aliphatic carbocycles. The van der Waals surface area contributed by atoms with Crippen molar-refractivity contribution in [2.24, 2.45) is 0 Å². The van der Waals surface area contributed by atoms with Gasteiger partial charge in [-0.3, -0.25) is 10.1 Å². The van der Waals surface area contributed by atoms with Crippen LogP contribution in [-0.4, -0.2) is 20.4 Å². The molecule has 3 amide bonds. The molecule has 2 aromatic carbocycles. The Morgan fingerprint density at radius 1 is 0.920 bits per heavy atom. The van der Waals surface area contributed by atoms with E-state index in [2.05, 4.69) is 10.6 Å². The van der Waals surface area contributed by atoms with Crippen molar-refractivity contribution >= 4 is 39.7 Å². The van der Waals surface area contributed by atoms with Crippen LogP contribution in [0.25, 0.3) is 6.08 Å². The van der Waals surface area contributed by atoms with E-state index in [9.17, 15) is 18.0 Å². The van der Waals surface area contributed by atoms with Crippen molar-refractivity contribution in [3.8, 4) is 5.75 Å². The lowest BCUT2D eigenvalue weighted by Crippen LogP contribution is -2.22. The predicted octanol–water partition coefficient (Wildman–Crippen LogP) is 2.29. The van der Waals surface area contributed by atoms with Crippen LogP contribution in [0.3, 0.4) is 0 Å². The number of carbonyl (C=O) groups excluding carboxylic acids is 2. The molecule has 1 fully saturated rings. The van der Waals surface area contributed by atoms with Crippen molar-refractivity contribution in [2.75, 3.05) is 0 Å². The highest BCUT2D eigenvalue weighted by Crippen LogP contribution is 2.21. The van der Waals surface area contributed by atoms with Gasteiger partial charge < -0.3 is 9.50 Å². The first kappa shape index (κ1) is 17.0. The van der Waals surface area contributed by atoms with Gasteiger partial charge in [0.2, 0.25) is 0 Å². The Bertz CT molecular complexity index is 967. The molecular weight excluding hydrogens is 368 g/mol. The van der Waals surface area contributed by atoms with E-state index in [0.717, 1.165) is 0 Å². The maximum atomic E-state index is 12.2. The minimum absolute atomic E-state index is 0.0200. The molecule has 2 aromatic rings. The number of benzene rings is 2. The fourth-order valence-electron chi connectivity index (χ4n) is 2.04. The van der Waals surface area contributed by atoms with E-state index in [1.165, 1.54) is 42.5 Å². The smallest absolute Gasteiger partial charge is 0.339 e. The Balaban J connectivity index is 1.77. The number of halogens is 1. The second-order valence-electron chi connectivity index (χ2n) is 5.03. The van der Waals surface area contributed by atoms with Crippen LogP contribution in [0.1, 0.15) is 5.56 Å². The lowest BCUT2D eigenvalue weighted by Gasteiger charge is -2.07. The summed E-state index contributed by atoms with van der Waals surface area (Å²) < 4.78 is 29.4. The van der Waals surface area contributed by atoms with Crippen molar-refractivity contribution < 1.29 is 22.2 Å². The number of rotatable bonds is 4. The van der Waals surface area contributed by atoms with Crippen molar-refractivity contribution in [1.82, 2.24) is 10.6 Å². The standard InChI is InChI=1S/C16H11ClN2O5S/c17-11-3-7-13(8-4-11)25(22,23)24-12-5-1-10(2-6-12)9-14-15(20)19-16(21)18-14/h1-9H,(H2,18,19,20,21)/b14-9-. The van der Waals surface area contributed by atoms with Crippen LogP contribution in [0.4, 0.5) is 4.79 Å². The Hall–Kier alpha value is -2.84. The molecule has 9 heteroatoms. The molecule has 7 nitrogen and oxygen atoms in total. The Morgan fingerprint density at radius 2 is 1.56 bits per heavy atom. The molecule has 0 aromatic heterocycles. The molecule has 0 saturated carbocycles. The minimum atomic E-state index is -3.98. The van der Waals surface area contributed by atoms with E-state index in [-0.39, 0.29) is 16.3 Å². The van der Waals surface area contributed by atoms with Crippen LogP contribution >= 0.6 is 11.6 Å². The third-order valence-electron chi connectivity index (χ3n) is 3.22. The third kappa shape index (κ3) is 3.98. The zero-order valence-electron chi connectivity index (χ0n) is 12.5. The number of hydrogen-bond acceptors (Lipinski definition) is 5. The number of hydrogen-bond donors (Lipinski definition) is 2. The fraction of sp³-hybridized carbons (Fsp3) is 0. The third-order valence-corrected chi connectivity index (χ3v) is 4.73. The molecular formula is C16H11ClN2O5S. The molecule has 0 bridgehead atoms. The molecule has 1 aliphatic heterocycles. The number of nitrogens with one attached hydrogen (secondary N) is 2. The van der Waals surface area contributed by atoms with Crippen molar-refractivity contribution in [3.63, 3.8) is 0 Å².